The van der Waals surface area contributed by atoms with E-state index in [0.29, 0.717) is 6.42 Å². The van der Waals surface area contributed by atoms with Crippen LogP contribution >= 0.6 is 0 Å². The van der Waals surface area contributed by atoms with Crippen molar-refractivity contribution in [1.29, 1.82) is 0 Å². The first-order valence-corrected chi connectivity index (χ1v) is 13.7. The number of aryl methyl sites for hydroxylation is 1. The summed E-state index contributed by atoms with van der Waals surface area (Å²) >= 11 is 0. The Kier molecular flexibility index (Phi) is 7.47. The number of benzene rings is 2. The van der Waals surface area contributed by atoms with Crippen LogP contribution in [-0.2, 0) is 16.0 Å². The number of amides is 1. The van der Waals surface area contributed by atoms with E-state index in [-0.39, 0.29) is 30.3 Å². The molecule has 3 rings (SSSR count). The molecule has 6 heteroatoms. The third-order valence-electron chi connectivity index (χ3n) is 6.20. The van der Waals surface area contributed by atoms with E-state index >= 15 is 0 Å². The monoisotopic (exact) mass is 427 g/mol. The first-order valence-electron chi connectivity index (χ1n) is 10.7. The topological polar surface area (TPSA) is 70.0 Å². The molecule has 1 aliphatic rings. The number of hydrogen-bond acceptors (Lipinski definition) is 4. The Hall–Kier alpha value is -1.99. The molecule has 2 N–H and O–H groups in total. The predicted octanol–water partition coefficient (Wildman–Crippen LogP) is 4.27. The summed E-state index contributed by atoms with van der Waals surface area (Å²) in [7, 11) is -2.37. The van der Waals surface area contributed by atoms with Crippen LogP contribution in [0, 0.1) is 5.92 Å². The van der Waals surface area contributed by atoms with Crippen molar-refractivity contribution in [3.8, 4) is 0 Å². The highest BCUT2D eigenvalue weighted by Gasteiger charge is 2.49. The number of anilines is 2. The van der Waals surface area contributed by atoms with Gasteiger partial charge in [-0.2, -0.15) is 0 Å². The van der Waals surface area contributed by atoms with Crippen molar-refractivity contribution in [2.24, 2.45) is 5.92 Å². The van der Waals surface area contributed by atoms with Gasteiger partial charge in [-0.25, -0.2) is 0 Å². The molecule has 30 heavy (non-hydrogen) atoms. The van der Waals surface area contributed by atoms with Gasteiger partial charge in [0.15, 0.2) is 8.32 Å². The van der Waals surface area contributed by atoms with Crippen molar-refractivity contribution < 1.29 is 19.4 Å². The molecule has 5 nitrogen and oxygen atoms in total. The molecule has 0 aromatic heterocycles. The highest BCUT2D eigenvalue weighted by Crippen LogP contribution is 2.45. The fraction of sp³-hybridized carbons (Fsp3) is 0.458. The SMILES string of the molecule is C[C@H]1[C@H]([Si](C)(C)O)[C@@H](CCO)O[C@H]1CCc1ccc(N(C=O)c2ccccc2)cc1. The fourth-order valence-corrected chi connectivity index (χ4v) is 7.45. The van der Waals surface area contributed by atoms with Crippen LogP contribution in [0.5, 0.6) is 0 Å². The Morgan fingerprint density at radius 2 is 1.63 bits per heavy atom. The average molecular weight is 428 g/mol. The summed E-state index contributed by atoms with van der Waals surface area (Å²) in [6, 6.07) is 17.6. The highest BCUT2D eigenvalue weighted by molar-refractivity contribution is 6.71. The van der Waals surface area contributed by atoms with Gasteiger partial charge in [0.2, 0.25) is 6.41 Å². The molecule has 4 atom stereocenters. The van der Waals surface area contributed by atoms with Gasteiger partial charge in [-0.1, -0.05) is 37.3 Å². The molecule has 1 saturated heterocycles. The van der Waals surface area contributed by atoms with Crippen molar-refractivity contribution in [2.75, 3.05) is 11.5 Å². The molecule has 2 aromatic rings. The second-order valence-electron chi connectivity index (χ2n) is 8.78. The van der Waals surface area contributed by atoms with Crippen LogP contribution in [0.4, 0.5) is 11.4 Å². The summed E-state index contributed by atoms with van der Waals surface area (Å²) in [6.45, 7) is 6.19. The summed E-state index contributed by atoms with van der Waals surface area (Å²) in [5.74, 6) is 0.274. The predicted molar refractivity (Wildman–Crippen MR) is 122 cm³/mol. The summed E-state index contributed by atoms with van der Waals surface area (Å²) in [6.07, 6.45) is 3.18. The van der Waals surface area contributed by atoms with E-state index in [1.807, 2.05) is 55.6 Å². The number of para-hydroxylation sites is 1. The van der Waals surface area contributed by atoms with Gasteiger partial charge >= 0.3 is 0 Å². The van der Waals surface area contributed by atoms with Gasteiger partial charge in [0, 0.05) is 23.5 Å². The second-order valence-corrected chi connectivity index (χ2v) is 12.8. The number of rotatable bonds is 9. The minimum absolute atomic E-state index is 0.0592. The third kappa shape index (κ3) is 5.18. The summed E-state index contributed by atoms with van der Waals surface area (Å²) in [4.78, 5) is 24.0. The molecule has 0 aliphatic carbocycles. The van der Waals surface area contributed by atoms with Gasteiger partial charge in [-0.15, -0.1) is 0 Å². The number of ether oxygens (including phenoxy) is 1. The van der Waals surface area contributed by atoms with Crippen LogP contribution in [0.2, 0.25) is 18.6 Å². The molecule has 0 saturated carbocycles. The minimum Gasteiger partial charge on any atom is -0.432 e. The first kappa shape index (κ1) is 22.7. The summed E-state index contributed by atoms with van der Waals surface area (Å²) < 4.78 is 6.27. The van der Waals surface area contributed by atoms with Gasteiger partial charge in [-0.05, 0) is 68.1 Å². The van der Waals surface area contributed by atoms with Crippen LogP contribution in [0.1, 0.15) is 25.3 Å². The van der Waals surface area contributed by atoms with E-state index in [4.69, 9.17) is 4.74 Å². The largest absolute Gasteiger partial charge is 0.432 e. The number of carbonyl (C=O) groups is 1. The van der Waals surface area contributed by atoms with Crippen LogP contribution in [0.15, 0.2) is 54.6 Å². The van der Waals surface area contributed by atoms with E-state index in [9.17, 15) is 14.7 Å². The molecule has 1 amide bonds. The molecule has 0 unspecified atom stereocenters. The average Bonchev–Trinajstić information content (AvgIpc) is 3.04. The van der Waals surface area contributed by atoms with E-state index < -0.39 is 8.32 Å². The number of aliphatic hydroxyl groups excluding tert-OH is 1. The zero-order valence-electron chi connectivity index (χ0n) is 18.1. The lowest BCUT2D eigenvalue weighted by molar-refractivity contribution is -0.106. The van der Waals surface area contributed by atoms with Crippen LogP contribution in [0.25, 0.3) is 0 Å². The van der Waals surface area contributed by atoms with Gasteiger partial charge < -0.3 is 14.6 Å². The van der Waals surface area contributed by atoms with Crippen molar-refractivity contribution >= 4 is 26.1 Å². The van der Waals surface area contributed by atoms with Crippen LogP contribution in [-0.4, -0.2) is 43.4 Å². The number of aliphatic hydroxyl groups is 1. The maximum absolute atomic E-state index is 11.6. The number of carbonyl (C=O) groups excluding carboxylic acids is 1. The highest BCUT2D eigenvalue weighted by atomic mass is 28.4. The Bertz CT molecular complexity index is 806. The maximum Gasteiger partial charge on any atom is 0.218 e. The lowest BCUT2D eigenvalue weighted by Gasteiger charge is -2.30. The van der Waals surface area contributed by atoms with Gasteiger partial charge in [-0.3, -0.25) is 9.69 Å². The lowest BCUT2D eigenvalue weighted by Crippen LogP contribution is -2.40. The van der Waals surface area contributed by atoms with E-state index in [2.05, 4.69) is 19.1 Å². The van der Waals surface area contributed by atoms with E-state index in [0.717, 1.165) is 30.6 Å². The maximum atomic E-state index is 11.6. The van der Waals surface area contributed by atoms with Crippen molar-refractivity contribution in [2.45, 2.75) is 57.0 Å². The van der Waals surface area contributed by atoms with E-state index in [1.165, 1.54) is 5.56 Å². The van der Waals surface area contributed by atoms with Crippen molar-refractivity contribution in [3.05, 3.63) is 60.2 Å². The minimum atomic E-state index is -2.37. The number of nitrogens with zero attached hydrogens (tertiary/aromatic N) is 1. The number of hydrogen-bond donors (Lipinski definition) is 2. The van der Waals surface area contributed by atoms with Gasteiger partial charge in [0.05, 0.1) is 12.2 Å². The zero-order chi connectivity index (χ0) is 21.7. The van der Waals surface area contributed by atoms with Gasteiger partial charge in [0.1, 0.15) is 0 Å². The van der Waals surface area contributed by atoms with Crippen molar-refractivity contribution in [1.82, 2.24) is 0 Å². The molecular weight excluding hydrogens is 394 g/mol. The molecule has 162 valence electrons. The smallest absolute Gasteiger partial charge is 0.218 e. The molecule has 1 heterocycles. The quantitative estimate of drug-likeness (QED) is 0.463. The zero-order valence-corrected chi connectivity index (χ0v) is 19.1. The Morgan fingerprint density at radius 3 is 2.20 bits per heavy atom. The van der Waals surface area contributed by atoms with Gasteiger partial charge in [0.25, 0.3) is 0 Å². The summed E-state index contributed by atoms with van der Waals surface area (Å²) in [5.41, 5.74) is 3.01. The standard InChI is InChI=1S/C24H33NO4Si/c1-18-22(29-23(15-16-26)24(18)30(2,3)28)14-11-19-9-12-21(13-10-19)25(17-27)20-7-5-4-6-8-20/h4-10,12-13,17-18,22-24,26,28H,11,14-16H2,1-3H3/t18-,22+,23-,24+/m1/s1. The molecule has 1 aliphatic heterocycles. The molecule has 0 bridgehead atoms. The second kappa shape index (κ2) is 9.88. The summed E-state index contributed by atoms with van der Waals surface area (Å²) in [5, 5.41) is 9.39. The Balaban J connectivity index is 1.64. The lowest BCUT2D eigenvalue weighted by atomic mass is 9.95. The molecule has 2 aromatic carbocycles. The Labute approximate surface area is 180 Å². The normalized spacial score (nSPS) is 24.0. The molecule has 0 radical (unpaired) electrons. The Morgan fingerprint density at radius 1 is 1.00 bits per heavy atom. The fourth-order valence-electron chi connectivity index (χ4n) is 4.80. The first-order chi connectivity index (χ1) is 14.3. The van der Waals surface area contributed by atoms with E-state index in [1.54, 1.807) is 4.90 Å². The molecular formula is C24H33NO4Si. The molecule has 0 spiro atoms. The van der Waals surface area contributed by atoms with Crippen LogP contribution in [0.3, 0.4) is 0 Å². The molecule has 1 fully saturated rings. The van der Waals surface area contributed by atoms with Crippen molar-refractivity contribution in [3.63, 3.8) is 0 Å². The third-order valence-corrected chi connectivity index (χ3v) is 8.73. The van der Waals surface area contributed by atoms with Crippen LogP contribution < -0.4 is 4.90 Å².